The third-order valence-corrected chi connectivity index (χ3v) is 1.29. The van der Waals surface area contributed by atoms with Gasteiger partial charge in [0.15, 0.2) is 0 Å². The fraction of sp³-hybridized carbons (Fsp3) is 0.600. The Hall–Kier alpha value is -0.740. The zero-order valence-corrected chi connectivity index (χ0v) is 7.14. The molecule has 0 fully saturated rings. The van der Waals surface area contributed by atoms with Gasteiger partial charge in [0.05, 0.1) is 0 Å². The van der Waals surface area contributed by atoms with Crippen LogP contribution in [0.15, 0.2) is 12.2 Å². The number of hydrogen-bond acceptors (Lipinski definition) is 1. The van der Waals surface area contributed by atoms with E-state index in [1.54, 1.807) is 0 Å². The van der Waals surface area contributed by atoms with Crippen LogP contribution in [0.1, 0.15) is 32.6 Å². The molecule has 0 saturated heterocycles. The summed E-state index contributed by atoms with van der Waals surface area (Å²) < 4.78 is 0. The maximum atomic E-state index is 8.45. The highest BCUT2D eigenvalue weighted by atomic mass is 16.2. The second kappa shape index (κ2) is 9.26. The molecule has 62 valence electrons. The molecule has 0 amide bonds. The molecule has 0 aromatic heterocycles. The van der Waals surface area contributed by atoms with Gasteiger partial charge in [-0.1, -0.05) is 18.1 Å². The minimum absolute atomic E-state index is 0.288. The molecule has 0 unspecified atom stereocenters. The van der Waals surface area contributed by atoms with Gasteiger partial charge in [0, 0.05) is 19.4 Å². The second-order valence-corrected chi connectivity index (χ2v) is 2.31. The van der Waals surface area contributed by atoms with Crippen LogP contribution in [0.4, 0.5) is 0 Å². The molecular weight excluding hydrogens is 136 g/mol. The van der Waals surface area contributed by atoms with E-state index in [1.807, 2.05) is 19.1 Å². The van der Waals surface area contributed by atoms with Gasteiger partial charge in [-0.25, -0.2) is 0 Å². The van der Waals surface area contributed by atoms with Gasteiger partial charge in [0.1, 0.15) is 0 Å². The van der Waals surface area contributed by atoms with Crippen molar-refractivity contribution in [1.82, 2.24) is 0 Å². The van der Waals surface area contributed by atoms with Crippen LogP contribution in [-0.4, -0.2) is 11.7 Å². The summed E-state index contributed by atoms with van der Waals surface area (Å²) in [6.07, 6.45) is 7.70. The number of unbranched alkanes of at least 4 members (excludes halogenated alkanes) is 2. The van der Waals surface area contributed by atoms with Crippen LogP contribution in [0, 0.1) is 11.8 Å². The first-order valence-electron chi connectivity index (χ1n) is 4.09. The van der Waals surface area contributed by atoms with E-state index in [9.17, 15) is 0 Å². The lowest BCUT2D eigenvalue weighted by atomic mass is 10.2. The minimum atomic E-state index is 0.288. The molecule has 1 nitrogen and oxygen atoms in total. The summed E-state index contributed by atoms with van der Waals surface area (Å²) in [5, 5.41) is 8.45. The van der Waals surface area contributed by atoms with E-state index < -0.39 is 0 Å². The molecule has 0 bridgehead atoms. The summed E-state index contributed by atoms with van der Waals surface area (Å²) in [6, 6.07) is 0. The van der Waals surface area contributed by atoms with Crippen molar-refractivity contribution in [2.75, 3.05) is 6.61 Å². The largest absolute Gasteiger partial charge is 0.396 e. The van der Waals surface area contributed by atoms with E-state index in [0.29, 0.717) is 0 Å². The molecule has 0 aliphatic heterocycles. The molecule has 0 radical (unpaired) electrons. The van der Waals surface area contributed by atoms with Crippen molar-refractivity contribution in [2.24, 2.45) is 0 Å². The Morgan fingerprint density at radius 3 is 2.73 bits per heavy atom. The summed E-state index contributed by atoms with van der Waals surface area (Å²) in [6.45, 7) is 2.28. The predicted octanol–water partition coefficient (Wildman–Crippen LogP) is 2.12. The van der Waals surface area contributed by atoms with E-state index in [1.165, 1.54) is 0 Å². The average molecular weight is 152 g/mol. The number of allylic oxidation sites excluding steroid dienone is 2. The Kier molecular flexibility index (Phi) is 8.64. The summed E-state index contributed by atoms with van der Waals surface area (Å²) in [5.74, 6) is 6.07. The van der Waals surface area contributed by atoms with Gasteiger partial charge in [-0.15, -0.1) is 5.92 Å². The molecular formula is C10H16O. The first-order valence-corrected chi connectivity index (χ1v) is 4.09. The molecule has 1 heteroatoms. The van der Waals surface area contributed by atoms with Crippen LogP contribution in [0.3, 0.4) is 0 Å². The molecule has 1 N–H and O–H groups in total. The summed E-state index contributed by atoms with van der Waals surface area (Å²) in [5.41, 5.74) is 0. The summed E-state index contributed by atoms with van der Waals surface area (Å²) >= 11 is 0. The summed E-state index contributed by atoms with van der Waals surface area (Å²) in [4.78, 5) is 0. The van der Waals surface area contributed by atoms with Crippen molar-refractivity contribution in [3.05, 3.63) is 12.2 Å². The fourth-order valence-electron chi connectivity index (χ4n) is 0.663. The van der Waals surface area contributed by atoms with Crippen molar-refractivity contribution in [1.29, 1.82) is 0 Å². The van der Waals surface area contributed by atoms with E-state index in [-0.39, 0.29) is 6.61 Å². The summed E-state index contributed by atoms with van der Waals surface area (Å²) in [7, 11) is 0. The number of aliphatic hydroxyl groups is 1. The van der Waals surface area contributed by atoms with E-state index >= 15 is 0 Å². The molecule has 0 spiro atoms. The van der Waals surface area contributed by atoms with Crippen LogP contribution < -0.4 is 0 Å². The van der Waals surface area contributed by atoms with Gasteiger partial charge in [-0.05, 0) is 19.8 Å². The molecule has 0 atom stereocenters. The topological polar surface area (TPSA) is 20.2 Å². The minimum Gasteiger partial charge on any atom is -0.396 e. The molecule has 0 aromatic carbocycles. The van der Waals surface area contributed by atoms with Gasteiger partial charge in [0.2, 0.25) is 0 Å². The first kappa shape index (κ1) is 10.3. The molecule has 0 heterocycles. The lowest BCUT2D eigenvalue weighted by Gasteiger charge is -1.87. The van der Waals surface area contributed by atoms with Gasteiger partial charge >= 0.3 is 0 Å². The van der Waals surface area contributed by atoms with Gasteiger partial charge in [-0.3, -0.25) is 0 Å². The monoisotopic (exact) mass is 152 g/mol. The highest BCUT2D eigenvalue weighted by Crippen LogP contribution is 1.91. The Morgan fingerprint density at radius 1 is 1.27 bits per heavy atom. The number of hydrogen-bond donors (Lipinski definition) is 1. The number of rotatable bonds is 4. The lowest BCUT2D eigenvalue weighted by molar-refractivity contribution is 0.285. The molecule has 0 aliphatic carbocycles. The molecule has 0 aromatic rings. The highest BCUT2D eigenvalue weighted by molar-refractivity contribution is 5.03. The van der Waals surface area contributed by atoms with E-state index in [2.05, 4.69) is 11.8 Å². The van der Waals surface area contributed by atoms with Crippen LogP contribution >= 0.6 is 0 Å². The quantitative estimate of drug-likeness (QED) is 0.371. The SMILES string of the molecule is C/C=C/CC#CCCCCO. The van der Waals surface area contributed by atoms with Gasteiger partial charge in [0.25, 0.3) is 0 Å². The van der Waals surface area contributed by atoms with Crippen LogP contribution in [-0.2, 0) is 0 Å². The van der Waals surface area contributed by atoms with E-state index in [4.69, 9.17) is 5.11 Å². The van der Waals surface area contributed by atoms with Crippen molar-refractivity contribution < 1.29 is 5.11 Å². The van der Waals surface area contributed by atoms with Crippen molar-refractivity contribution in [3.8, 4) is 11.8 Å². The molecule has 0 aliphatic rings. The Morgan fingerprint density at radius 2 is 2.09 bits per heavy atom. The first-order chi connectivity index (χ1) is 5.41. The Labute approximate surface area is 69.1 Å². The maximum Gasteiger partial charge on any atom is 0.0431 e. The standard InChI is InChI=1S/C10H16O/c1-2-3-4-5-6-7-8-9-10-11/h2-3,11H,4,7-10H2,1H3/b3-2+. The fourth-order valence-corrected chi connectivity index (χ4v) is 0.663. The smallest absolute Gasteiger partial charge is 0.0431 e. The van der Waals surface area contributed by atoms with Crippen molar-refractivity contribution >= 4 is 0 Å². The maximum absolute atomic E-state index is 8.45. The Balaban J connectivity index is 3.12. The van der Waals surface area contributed by atoms with Gasteiger partial charge < -0.3 is 5.11 Å². The third kappa shape index (κ3) is 9.26. The van der Waals surface area contributed by atoms with Crippen molar-refractivity contribution in [3.63, 3.8) is 0 Å². The van der Waals surface area contributed by atoms with Crippen LogP contribution in [0.2, 0.25) is 0 Å². The Bertz CT molecular complexity index is 148. The van der Waals surface area contributed by atoms with Crippen LogP contribution in [0.5, 0.6) is 0 Å². The molecule has 11 heavy (non-hydrogen) atoms. The second-order valence-electron chi connectivity index (χ2n) is 2.31. The normalized spacial score (nSPS) is 9.64. The van der Waals surface area contributed by atoms with Crippen LogP contribution in [0.25, 0.3) is 0 Å². The molecule has 0 saturated carbocycles. The van der Waals surface area contributed by atoms with E-state index in [0.717, 1.165) is 25.7 Å². The number of aliphatic hydroxyl groups excluding tert-OH is 1. The predicted molar refractivity (Wildman–Crippen MR) is 48.1 cm³/mol. The van der Waals surface area contributed by atoms with Crippen molar-refractivity contribution in [2.45, 2.75) is 32.6 Å². The van der Waals surface area contributed by atoms with Gasteiger partial charge in [-0.2, -0.15) is 0 Å². The third-order valence-electron chi connectivity index (χ3n) is 1.29. The zero-order chi connectivity index (χ0) is 8.36. The zero-order valence-electron chi connectivity index (χ0n) is 7.14. The average Bonchev–Trinajstić information content (AvgIpc) is 2.03. The lowest BCUT2D eigenvalue weighted by Crippen LogP contribution is -1.80. The highest BCUT2D eigenvalue weighted by Gasteiger charge is 1.80. The molecule has 0 rings (SSSR count).